The maximum Gasteiger partial charge on any atom is 0.260 e. The van der Waals surface area contributed by atoms with Gasteiger partial charge in [0.25, 0.3) is 5.91 Å². The van der Waals surface area contributed by atoms with E-state index in [1.807, 2.05) is 26.1 Å². The summed E-state index contributed by atoms with van der Waals surface area (Å²) in [4.78, 5) is 20.3. The summed E-state index contributed by atoms with van der Waals surface area (Å²) in [6.07, 6.45) is 4.37. The Morgan fingerprint density at radius 3 is 2.58 bits per heavy atom. The lowest BCUT2D eigenvalue weighted by Gasteiger charge is -2.45. The van der Waals surface area contributed by atoms with E-state index in [0.717, 1.165) is 49.1 Å². The summed E-state index contributed by atoms with van der Waals surface area (Å²) < 4.78 is 5.58. The van der Waals surface area contributed by atoms with E-state index in [1.54, 1.807) is 18.9 Å². The molecule has 0 radical (unpaired) electrons. The van der Waals surface area contributed by atoms with Crippen LogP contribution in [-0.2, 0) is 21.5 Å². The van der Waals surface area contributed by atoms with Gasteiger partial charge in [-0.15, -0.1) is 0 Å². The summed E-state index contributed by atoms with van der Waals surface area (Å²) in [5.74, 6) is 0.853. The molecule has 1 aromatic rings. The van der Waals surface area contributed by atoms with Gasteiger partial charge in [-0.1, -0.05) is 12.1 Å². The summed E-state index contributed by atoms with van der Waals surface area (Å²) in [5, 5.41) is 10.1. The monoisotopic (exact) mass is 356 g/mol. The van der Waals surface area contributed by atoms with Crippen LogP contribution in [0.15, 0.2) is 23.2 Å². The Balaban J connectivity index is 1.89. The number of carbonyl (C=O) groups excluding carboxylic acids is 1. The van der Waals surface area contributed by atoms with Gasteiger partial charge >= 0.3 is 0 Å². The Hall–Kier alpha value is -1.72. The van der Waals surface area contributed by atoms with Gasteiger partial charge in [0.05, 0.1) is 12.2 Å². The van der Waals surface area contributed by atoms with Gasteiger partial charge in [0.15, 0.2) is 5.54 Å². The number of hydrogen-bond acceptors (Lipinski definition) is 4. The lowest BCUT2D eigenvalue weighted by molar-refractivity contribution is -0.137. The average Bonchev–Trinajstić information content (AvgIpc) is 3.03. The highest BCUT2D eigenvalue weighted by atomic mass is 16.5. The van der Waals surface area contributed by atoms with E-state index in [-0.39, 0.29) is 17.4 Å². The number of carbonyl (C=O) groups is 1. The molecule has 5 nitrogen and oxygen atoms in total. The van der Waals surface area contributed by atoms with E-state index in [1.165, 1.54) is 5.56 Å². The predicted molar refractivity (Wildman–Crippen MR) is 100 cm³/mol. The number of hydrogen-bond donors (Lipinski definition) is 1. The van der Waals surface area contributed by atoms with Gasteiger partial charge in [-0.25, -0.2) is 0 Å². The zero-order valence-electron chi connectivity index (χ0n) is 16.1. The molecule has 1 saturated carbocycles. The predicted octanol–water partition coefficient (Wildman–Crippen LogP) is 2.96. The van der Waals surface area contributed by atoms with E-state index in [2.05, 4.69) is 6.07 Å². The Morgan fingerprint density at radius 1 is 1.35 bits per heavy atom. The maximum absolute atomic E-state index is 13.5. The number of aliphatic hydroxyl groups excluding tert-OH is 1. The molecule has 26 heavy (non-hydrogen) atoms. The minimum atomic E-state index is -0.842. The summed E-state index contributed by atoms with van der Waals surface area (Å²) in [7, 11) is 3.59. The van der Waals surface area contributed by atoms with Gasteiger partial charge in [0.1, 0.15) is 5.84 Å². The van der Waals surface area contributed by atoms with E-state index < -0.39 is 11.6 Å². The molecular formula is C21H28N2O3. The Kier molecular flexibility index (Phi) is 4.01. The Bertz CT molecular complexity index is 777. The maximum atomic E-state index is 13.5. The molecular weight excluding hydrogens is 328 g/mol. The molecule has 2 atom stereocenters. The third kappa shape index (κ3) is 2.16. The van der Waals surface area contributed by atoms with Crippen LogP contribution in [0.2, 0.25) is 0 Å². The summed E-state index contributed by atoms with van der Waals surface area (Å²) in [5.41, 5.74) is 2.02. The van der Waals surface area contributed by atoms with Gasteiger partial charge in [-0.05, 0) is 68.7 Å². The summed E-state index contributed by atoms with van der Waals surface area (Å²) in [6.45, 7) is 3.68. The highest BCUT2D eigenvalue weighted by molar-refractivity contribution is 6.08. The molecule has 1 heterocycles. The van der Waals surface area contributed by atoms with E-state index in [9.17, 15) is 9.90 Å². The van der Waals surface area contributed by atoms with Crippen molar-refractivity contribution in [2.75, 3.05) is 14.2 Å². The van der Waals surface area contributed by atoms with E-state index in [0.29, 0.717) is 0 Å². The molecule has 2 aliphatic carbocycles. The fourth-order valence-electron chi connectivity index (χ4n) is 5.32. The molecule has 1 fully saturated rings. The van der Waals surface area contributed by atoms with Gasteiger partial charge < -0.3 is 14.7 Å². The molecule has 2 spiro atoms. The van der Waals surface area contributed by atoms with Crippen molar-refractivity contribution in [3.8, 4) is 0 Å². The van der Waals surface area contributed by atoms with E-state index >= 15 is 0 Å². The van der Waals surface area contributed by atoms with Gasteiger partial charge in [0, 0.05) is 19.6 Å². The van der Waals surface area contributed by atoms with Crippen molar-refractivity contribution >= 4 is 11.7 Å². The van der Waals surface area contributed by atoms with Crippen LogP contribution in [0.25, 0.3) is 0 Å². The molecule has 1 aromatic carbocycles. The van der Waals surface area contributed by atoms with Crippen LogP contribution in [0.1, 0.15) is 62.3 Å². The quantitative estimate of drug-likeness (QED) is 0.886. The number of likely N-dealkylation sites (N-methyl/N-ethyl adjacent to an activating group) is 1. The molecule has 140 valence electrons. The molecule has 0 bridgehead atoms. The number of rotatable bonds is 2. The lowest BCUT2D eigenvalue weighted by atomic mass is 9.61. The minimum absolute atomic E-state index is 0.0763. The average molecular weight is 356 g/mol. The van der Waals surface area contributed by atoms with Crippen molar-refractivity contribution < 1.29 is 14.6 Å². The summed E-state index contributed by atoms with van der Waals surface area (Å²) in [6, 6.07) is 6.09. The highest BCUT2D eigenvalue weighted by Gasteiger charge is 2.65. The molecule has 0 aromatic heterocycles. The first-order valence-corrected chi connectivity index (χ1v) is 9.53. The second-order valence-corrected chi connectivity index (χ2v) is 8.22. The van der Waals surface area contributed by atoms with Crippen LogP contribution in [0.5, 0.6) is 0 Å². The first kappa shape index (κ1) is 17.7. The SMILES string of the molecule is COC1CCC2(CC1)Cc1ccc(C(C)O)cc1C21N=C(C)N(C)C1=O. The number of fused-ring (bicyclic) bond motifs is 3. The third-order valence-corrected chi connectivity index (χ3v) is 6.95. The number of ether oxygens (including phenoxy) is 1. The van der Waals surface area contributed by atoms with Crippen LogP contribution < -0.4 is 0 Å². The topological polar surface area (TPSA) is 62.1 Å². The van der Waals surface area contributed by atoms with Crippen LogP contribution >= 0.6 is 0 Å². The highest BCUT2D eigenvalue weighted by Crippen LogP contribution is 2.62. The zero-order valence-corrected chi connectivity index (χ0v) is 16.1. The number of methoxy groups -OCH3 is 1. The van der Waals surface area contributed by atoms with Crippen LogP contribution in [-0.4, -0.2) is 42.0 Å². The van der Waals surface area contributed by atoms with E-state index in [4.69, 9.17) is 9.73 Å². The fourth-order valence-corrected chi connectivity index (χ4v) is 5.32. The Morgan fingerprint density at radius 2 is 2.04 bits per heavy atom. The van der Waals surface area contributed by atoms with Crippen molar-refractivity contribution in [3.05, 3.63) is 34.9 Å². The van der Waals surface area contributed by atoms with Gasteiger partial charge in [-0.3, -0.25) is 9.79 Å². The van der Waals surface area contributed by atoms with Gasteiger partial charge in [-0.2, -0.15) is 0 Å². The number of amidine groups is 1. The minimum Gasteiger partial charge on any atom is -0.389 e. The zero-order chi connectivity index (χ0) is 18.7. The smallest absolute Gasteiger partial charge is 0.260 e. The number of benzene rings is 1. The fraction of sp³-hybridized carbons (Fsp3) is 0.619. The number of nitrogens with zero attached hydrogens (tertiary/aromatic N) is 2. The second kappa shape index (κ2) is 5.89. The van der Waals surface area contributed by atoms with Gasteiger partial charge in [0.2, 0.25) is 0 Å². The van der Waals surface area contributed by atoms with Crippen LogP contribution in [0, 0.1) is 5.41 Å². The first-order valence-electron chi connectivity index (χ1n) is 9.53. The molecule has 5 heteroatoms. The van der Waals surface area contributed by atoms with Crippen molar-refractivity contribution in [2.24, 2.45) is 10.4 Å². The number of aliphatic hydroxyl groups is 1. The molecule has 2 unspecified atom stereocenters. The first-order chi connectivity index (χ1) is 12.3. The van der Waals surface area contributed by atoms with Crippen LogP contribution in [0.3, 0.4) is 0 Å². The molecule has 3 aliphatic rings. The Labute approximate surface area is 155 Å². The molecule has 1 aliphatic heterocycles. The largest absolute Gasteiger partial charge is 0.389 e. The van der Waals surface area contributed by atoms with Crippen molar-refractivity contribution in [2.45, 2.75) is 63.7 Å². The second-order valence-electron chi connectivity index (χ2n) is 8.22. The molecule has 4 rings (SSSR count). The lowest BCUT2D eigenvalue weighted by Crippen LogP contribution is -2.51. The molecule has 1 N–H and O–H groups in total. The third-order valence-electron chi connectivity index (χ3n) is 6.95. The molecule has 0 saturated heterocycles. The van der Waals surface area contributed by atoms with Crippen LogP contribution in [0.4, 0.5) is 0 Å². The number of aliphatic imine (C=N–C) groups is 1. The van der Waals surface area contributed by atoms with Crippen molar-refractivity contribution in [3.63, 3.8) is 0 Å². The number of amides is 1. The molecule has 1 amide bonds. The van der Waals surface area contributed by atoms with Crippen molar-refractivity contribution in [1.82, 2.24) is 4.90 Å². The van der Waals surface area contributed by atoms with Crippen molar-refractivity contribution in [1.29, 1.82) is 0 Å². The normalized spacial score (nSPS) is 34.5. The summed E-state index contributed by atoms with van der Waals surface area (Å²) >= 11 is 0. The standard InChI is InChI=1S/C21H28N2O3/c1-13(24)15-5-6-16-12-20(9-7-17(26-4)8-10-20)21(18(16)11-15)19(25)23(3)14(2)22-21/h5-6,11,13,17,24H,7-10,12H2,1-4H3.